The van der Waals surface area contributed by atoms with Crippen molar-refractivity contribution in [1.82, 2.24) is 15.1 Å². The molecule has 5 nitrogen and oxygen atoms in total. The molecular formula is C17H25N3O2. The van der Waals surface area contributed by atoms with Crippen LogP contribution in [0.1, 0.15) is 18.4 Å². The number of carbonyl (C=O) groups is 1. The topological polar surface area (TPSA) is 55.8 Å². The lowest BCUT2D eigenvalue weighted by atomic mass is 9.89. The lowest BCUT2D eigenvalue weighted by molar-refractivity contribution is 0.0594. The Kier molecular flexibility index (Phi) is 4.64. The molecule has 0 radical (unpaired) electrons. The standard InChI is InChI=1S/C17H25N3O2/c21-14-17(13-15-5-2-1-3-6-15)7-4-9-20(17)12-11-19-10-8-18-16(19)22/h1-3,5-6,21H,4,7-14H2,(H,18,22). The van der Waals surface area contributed by atoms with Crippen molar-refractivity contribution in [2.24, 2.45) is 0 Å². The molecule has 1 unspecified atom stereocenters. The van der Waals surface area contributed by atoms with Crippen LogP contribution in [0.15, 0.2) is 30.3 Å². The van der Waals surface area contributed by atoms with Gasteiger partial charge in [0.05, 0.1) is 6.61 Å². The summed E-state index contributed by atoms with van der Waals surface area (Å²) in [5, 5.41) is 12.9. The van der Waals surface area contributed by atoms with Gasteiger partial charge in [0, 0.05) is 31.7 Å². The molecule has 5 heteroatoms. The number of likely N-dealkylation sites (tertiary alicyclic amines) is 1. The molecular weight excluding hydrogens is 278 g/mol. The van der Waals surface area contributed by atoms with Crippen molar-refractivity contribution in [3.8, 4) is 0 Å². The Labute approximate surface area is 131 Å². The van der Waals surface area contributed by atoms with Crippen LogP contribution in [0.5, 0.6) is 0 Å². The van der Waals surface area contributed by atoms with Gasteiger partial charge in [0.2, 0.25) is 0 Å². The fourth-order valence-corrected chi connectivity index (χ4v) is 3.72. The predicted octanol–water partition coefficient (Wildman–Crippen LogP) is 1.08. The first-order valence-electron chi connectivity index (χ1n) is 8.16. The SMILES string of the molecule is O=C1NCCN1CCN1CCCC1(CO)Cc1ccccc1. The number of amides is 2. The highest BCUT2D eigenvalue weighted by molar-refractivity contribution is 5.76. The van der Waals surface area contributed by atoms with E-state index in [4.69, 9.17) is 0 Å². The Balaban J connectivity index is 1.65. The zero-order valence-corrected chi connectivity index (χ0v) is 13.0. The minimum atomic E-state index is -0.169. The lowest BCUT2D eigenvalue weighted by Crippen LogP contribution is -2.51. The van der Waals surface area contributed by atoms with E-state index in [0.717, 1.165) is 52.0 Å². The van der Waals surface area contributed by atoms with Crippen LogP contribution in [0.3, 0.4) is 0 Å². The Morgan fingerprint density at radius 2 is 2.00 bits per heavy atom. The fourth-order valence-electron chi connectivity index (χ4n) is 3.72. The molecule has 2 aliphatic heterocycles. The molecule has 0 aliphatic carbocycles. The molecule has 1 aromatic rings. The van der Waals surface area contributed by atoms with Crippen molar-refractivity contribution in [3.05, 3.63) is 35.9 Å². The van der Waals surface area contributed by atoms with Crippen LogP contribution in [0.2, 0.25) is 0 Å². The van der Waals surface area contributed by atoms with Gasteiger partial charge in [-0.1, -0.05) is 30.3 Å². The third kappa shape index (κ3) is 3.10. The summed E-state index contributed by atoms with van der Waals surface area (Å²) in [6, 6.07) is 10.4. The van der Waals surface area contributed by atoms with Crippen molar-refractivity contribution < 1.29 is 9.90 Å². The molecule has 0 saturated carbocycles. The second-order valence-electron chi connectivity index (χ2n) is 6.35. The zero-order valence-electron chi connectivity index (χ0n) is 13.0. The molecule has 2 amide bonds. The van der Waals surface area contributed by atoms with Gasteiger partial charge in [-0.05, 0) is 31.4 Å². The van der Waals surface area contributed by atoms with E-state index in [9.17, 15) is 9.90 Å². The first-order valence-corrected chi connectivity index (χ1v) is 8.16. The average molecular weight is 303 g/mol. The quantitative estimate of drug-likeness (QED) is 0.827. The highest BCUT2D eigenvalue weighted by Gasteiger charge is 2.40. The summed E-state index contributed by atoms with van der Waals surface area (Å²) >= 11 is 0. The molecule has 120 valence electrons. The van der Waals surface area contributed by atoms with E-state index in [1.54, 1.807) is 0 Å². The number of nitrogens with zero attached hydrogens (tertiary/aromatic N) is 2. The first-order chi connectivity index (χ1) is 10.7. The average Bonchev–Trinajstić information content (AvgIpc) is 3.13. The molecule has 2 fully saturated rings. The maximum Gasteiger partial charge on any atom is 0.317 e. The molecule has 0 spiro atoms. The molecule has 2 aliphatic rings. The summed E-state index contributed by atoms with van der Waals surface area (Å²) in [4.78, 5) is 15.9. The zero-order chi connectivity index (χ0) is 15.4. The van der Waals surface area contributed by atoms with Gasteiger partial charge in [-0.15, -0.1) is 0 Å². The van der Waals surface area contributed by atoms with Gasteiger partial charge in [-0.2, -0.15) is 0 Å². The largest absolute Gasteiger partial charge is 0.394 e. The van der Waals surface area contributed by atoms with Gasteiger partial charge in [0.25, 0.3) is 0 Å². The molecule has 3 rings (SSSR count). The van der Waals surface area contributed by atoms with Gasteiger partial charge < -0.3 is 15.3 Å². The van der Waals surface area contributed by atoms with Crippen molar-refractivity contribution in [1.29, 1.82) is 0 Å². The highest BCUT2D eigenvalue weighted by atomic mass is 16.3. The van der Waals surface area contributed by atoms with Crippen LogP contribution < -0.4 is 5.32 Å². The maximum absolute atomic E-state index is 11.6. The third-order valence-electron chi connectivity index (χ3n) is 5.00. The lowest BCUT2D eigenvalue weighted by Gasteiger charge is -2.38. The molecule has 2 saturated heterocycles. The molecule has 2 heterocycles. The minimum absolute atomic E-state index is 0.0388. The Bertz CT molecular complexity index is 508. The third-order valence-corrected chi connectivity index (χ3v) is 5.00. The molecule has 0 aromatic heterocycles. The number of benzene rings is 1. The van der Waals surface area contributed by atoms with Gasteiger partial charge in [-0.3, -0.25) is 4.90 Å². The predicted molar refractivity (Wildman–Crippen MR) is 85.7 cm³/mol. The Morgan fingerprint density at radius 1 is 1.18 bits per heavy atom. The van der Waals surface area contributed by atoms with E-state index in [1.807, 2.05) is 23.1 Å². The van der Waals surface area contributed by atoms with Gasteiger partial charge in [0.15, 0.2) is 0 Å². The van der Waals surface area contributed by atoms with Crippen LogP contribution >= 0.6 is 0 Å². The summed E-state index contributed by atoms with van der Waals surface area (Å²) < 4.78 is 0. The van der Waals surface area contributed by atoms with E-state index >= 15 is 0 Å². The van der Waals surface area contributed by atoms with Crippen LogP contribution in [-0.2, 0) is 6.42 Å². The number of hydrogen-bond donors (Lipinski definition) is 2. The smallest absolute Gasteiger partial charge is 0.317 e. The van der Waals surface area contributed by atoms with Crippen molar-refractivity contribution in [3.63, 3.8) is 0 Å². The Hall–Kier alpha value is -1.59. The van der Waals surface area contributed by atoms with Gasteiger partial charge >= 0.3 is 6.03 Å². The number of aliphatic hydroxyl groups excluding tert-OH is 1. The van der Waals surface area contributed by atoms with E-state index in [0.29, 0.717) is 0 Å². The van der Waals surface area contributed by atoms with Gasteiger partial charge in [-0.25, -0.2) is 4.79 Å². The number of rotatable bonds is 6. The summed E-state index contributed by atoms with van der Waals surface area (Å²) in [5.74, 6) is 0. The molecule has 0 bridgehead atoms. The summed E-state index contributed by atoms with van der Waals surface area (Å²) in [7, 11) is 0. The minimum Gasteiger partial charge on any atom is -0.394 e. The van der Waals surface area contributed by atoms with Crippen LogP contribution in [0.25, 0.3) is 0 Å². The van der Waals surface area contributed by atoms with E-state index in [-0.39, 0.29) is 18.2 Å². The maximum atomic E-state index is 11.6. The monoisotopic (exact) mass is 303 g/mol. The summed E-state index contributed by atoms with van der Waals surface area (Å²) in [5.41, 5.74) is 1.10. The first kappa shape index (κ1) is 15.3. The Morgan fingerprint density at radius 3 is 2.68 bits per heavy atom. The van der Waals surface area contributed by atoms with Crippen molar-refractivity contribution in [2.45, 2.75) is 24.8 Å². The fraction of sp³-hybridized carbons (Fsp3) is 0.588. The van der Waals surface area contributed by atoms with Crippen LogP contribution in [0.4, 0.5) is 4.79 Å². The molecule has 1 atom stereocenters. The van der Waals surface area contributed by atoms with Crippen molar-refractivity contribution >= 4 is 6.03 Å². The number of carbonyl (C=O) groups excluding carboxylic acids is 1. The molecule has 22 heavy (non-hydrogen) atoms. The number of urea groups is 1. The molecule has 2 N–H and O–H groups in total. The normalized spacial score (nSPS) is 25.7. The van der Waals surface area contributed by atoms with Crippen LogP contribution in [0, 0.1) is 0 Å². The summed E-state index contributed by atoms with van der Waals surface area (Å²) in [6.07, 6.45) is 3.00. The van der Waals surface area contributed by atoms with Crippen molar-refractivity contribution in [2.75, 3.05) is 39.3 Å². The number of aliphatic hydroxyl groups is 1. The van der Waals surface area contributed by atoms with Gasteiger partial charge in [0.1, 0.15) is 0 Å². The van der Waals surface area contributed by atoms with Crippen LogP contribution in [-0.4, -0.2) is 65.8 Å². The highest BCUT2D eigenvalue weighted by Crippen LogP contribution is 2.32. The number of nitrogens with one attached hydrogen (secondary N) is 1. The molecule has 1 aromatic carbocycles. The van der Waals surface area contributed by atoms with E-state index in [1.165, 1.54) is 5.56 Å². The second-order valence-corrected chi connectivity index (χ2v) is 6.35. The van der Waals surface area contributed by atoms with E-state index in [2.05, 4.69) is 22.3 Å². The second kappa shape index (κ2) is 6.67. The van der Waals surface area contributed by atoms with E-state index < -0.39 is 0 Å². The number of hydrogen-bond acceptors (Lipinski definition) is 3. The summed E-state index contributed by atoms with van der Waals surface area (Å²) in [6.45, 7) is 4.28.